The summed E-state index contributed by atoms with van der Waals surface area (Å²) < 4.78 is 11.0. The molecule has 0 aromatic rings. The zero-order valence-electron chi connectivity index (χ0n) is 13.3. The van der Waals surface area contributed by atoms with Gasteiger partial charge in [0.25, 0.3) is 0 Å². The molecule has 1 radical (unpaired) electrons. The number of hydrogen-bond acceptors (Lipinski definition) is 5. The predicted molar refractivity (Wildman–Crippen MR) is 78.2 cm³/mol. The second kappa shape index (κ2) is 8.32. The molecule has 121 valence electrons. The van der Waals surface area contributed by atoms with Crippen molar-refractivity contribution in [1.82, 2.24) is 0 Å². The Balaban J connectivity index is 2.85. The summed E-state index contributed by atoms with van der Waals surface area (Å²) in [6.45, 7) is 7.97. The van der Waals surface area contributed by atoms with Crippen LogP contribution in [0.1, 0.15) is 47.0 Å². The lowest BCUT2D eigenvalue weighted by Gasteiger charge is -2.37. The van der Waals surface area contributed by atoms with E-state index in [1.807, 2.05) is 20.8 Å². The number of carbonyl (C=O) groups is 1. The van der Waals surface area contributed by atoms with Crippen LogP contribution in [0.4, 0.5) is 0 Å². The number of nitrogens with zero attached hydrogens (tertiary/aromatic N) is 1. The summed E-state index contributed by atoms with van der Waals surface area (Å²) in [5.41, 5.74) is 0. The Bertz CT molecular complexity index is 356. The standard InChI is InChI=1S/C15H26NO5/c1-5-12(6-2)21-14-9-11(16(18)19)8-13(10(14)4)15(17)20-7-3/h9-14H,5-8H2,1-4H3/t10-,11+,13-,14+/m1/s1. The molecule has 0 N–H and O–H groups in total. The van der Waals surface area contributed by atoms with E-state index in [4.69, 9.17) is 9.47 Å². The van der Waals surface area contributed by atoms with Crippen LogP contribution in [0.3, 0.4) is 0 Å². The van der Waals surface area contributed by atoms with Gasteiger partial charge in [0.1, 0.15) is 0 Å². The van der Waals surface area contributed by atoms with Crippen molar-refractivity contribution in [3.05, 3.63) is 16.5 Å². The quantitative estimate of drug-likeness (QED) is 0.410. The van der Waals surface area contributed by atoms with E-state index in [2.05, 4.69) is 0 Å². The summed E-state index contributed by atoms with van der Waals surface area (Å²) in [4.78, 5) is 22.8. The third-order valence-electron chi connectivity index (χ3n) is 4.18. The van der Waals surface area contributed by atoms with Crippen LogP contribution in [0.2, 0.25) is 0 Å². The SMILES string of the molecule is CCOC(=O)[C@@H]1C[C@H]([N+](=O)[O-])[CH][C@H](OC(CC)CC)[C@@H]1C. The van der Waals surface area contributed by atoms with Crippen molar-refractivity contribution in [3.63, 3.8) is 0 Å². The van der Waals surface area contributed by atoms with Crippen LogP contribution in [-0.4, -0.2) is 35.7 Å². The molecular weight excluding hydrogens is 274 g/mol. The lowest BCUT2D eigenvalue weighted by Crippen LogP contribution is -2.46. The highest BCUT2D eigenvalue weighted by atomic mass is 16.6. The Labute approximate surface area is 126 Å². The van der Waals surface area contributed by atoms with Gasteiger partial charge in [0.15, 0.2) is 0 Å². The zero-order valence-corrected chi connectivity index (χ0v) is 13.3. The van der Waals surface area contributed by atoms with E-state index in [-0.39, 0.29) is 42.0 Å². The highest BCUT2D eigenvalue weighted by Crippen LogP contribution is 2.34. The Morgan fingerprint density at radius 2 is 2.00 bits per heavy atom. The second-order valence-electron chi connectivity index (χ2n) is 5.54. The fourth-order valence-corrected chi connectivity index (χ4v) is 2.77. The molecule has 0 aliphatic heterocycles. The summed E-state index contributed by atoms with van der Waals surface area (Å²) >= 11 is 0. The molecule has 21 heavy (non-hydrogen) atoms. The largest absolute Gasteiger partial charge is 0.466 e. The number of nitro groups is 1. The highest BCUT2D eigenvalue weighted by molar-refractivity contribution is 5.73. The van der Waals surface area contributed by atoms with Crippen molar-refractivity contribution < 1.29 is 19.2 Å². The van der Waals surface area contributed by atoms with Gasteiger partial charge < -0.3 is 9.47 Å². The first-order valence-electron chi connectivity index (χ1n) is 7.75. The van der Waals surface area contributed by atoms with Gasteiger partial charge in [-0.2, -0.15) is 0 Å². The third kappa shape index (κ3) is 4.66. The molecule has 0 saturated heterocycles. The zero-order chi connectivity index (χ0) is 16.0. The van der Waals surface area contributed by atoms with E-state index in [1.54, 1.807) is 13.3 Å². The van der Waals surface area contributed by atoms with Gasteiger partial charge in [0, 0.05) is 11.3 Å². The maximum Gasteiger partial charge on any atom is 0.309 e. The average Bonchev–Trinajstić information content (AvgIpc) is 2.46. The maximum absolute atomic E-state index is 12.0. The molecule has 0 aromatic heterocycles. The van der Waals surface area contributed by atoms with Crippen LogP contribution < -0.4 is 0 Å². The van der Waals surface area contributed by atoms with E-state index in [0.717, 1.165) is 12.8 Å². The van der Waals surface area contributed by atoms with Crippen LogP contribution in [0.25, 0.3) is 0 Å². The van der Waals surface area contributed by atoms with Crippen molar-refractivity contribution in [2.75, 3.05) is 6.61 Å². The summed E-state index contributed by atoms with van der Waals surface area (Å²) in [6, 6.07) is -0.852. The van der Waals surface area contributed by atoms with Crippen molar-refractivity contribution in [3.8, 4) is 0 Å². The lowest BCUT2D eigenvalue weighted by atomic mass is 9.76. The van der Waals surface area contributed by atoms with Gasteiger partial charge in [-0.3, -0.25) is 14.9 Å². The highest BCUT2D eigenvalue weighted by Gasteiger charge is 2.45. The molecule has 1 fully saturated rings. The first-order chi connectivity index (χ1) is 9.94. The van der Waals surface area contributed by atoms with Crippen molar-refractivity contribution in [2.24, 2.45) is 11.8 Å². The van der Waals surface area contributed by atoms with Crippen LogP contribution >= 0.6 is 0 Å². The van der Waals surface area contributed by atoms with E-state index in [1.165, 1.54) is 0 Å². The Hall–Kier alpha value is -1.17. The number of rotatable bonds is 7. The van der Waals surface area contributed by atoms with E-state index in [0.29, 0.717) is 0 Å². The minimum atomic E-state index is -0.852. The van der Waals surface area contributed by atoms with Gasteiger partial charge in [0.2, 0.25) is 6.04 Å². The van der Waals surface area contributed by atoms with Gasteiger partial charge in [-0.1, -0.05) is 20.8 Å². The summed E-state index contributed by atoms with van der Waals surface area (Å²) in [5, 5.41) is 11.1. The minimum Gasteiger partial charge on any atom is -0.466 e. The summed E-state index contributed by atoms with van der Waals surface area (Å²) in [6.07, 6.45) is 3.20. The van der Waals surface area contributed by atoms with E-state index < -0.39 is 12.0 Å². The fraction of sp³-hybridized carbons (Fsp3) is 0.867. The Morgan fingerprint density at radius 3 is 2.48 bits per heavy atom. The van der Waals surface area contributed by atoms with Crippen LogP contribution in [-0.2, 0) is 14.3 Å². The molecule has 6 nitrogen and oxygen atoms in total. The molecule has 0 spiro atoms. The monoisotopic (exact) mass is 300 g/mol. The Kier molecular flexibility index (Phi) is 7.08. The first kappa shape index (κ1) is 17.9. The molecule has 1 aliphatic rings. The normalized spacial score (nSPS) is 29.4. The molecule has 0 amide bonds. The number of esters is 1. The van der Waals surface area contributed by atoms with Crippen LogP contribution in [0, 0.1) is 28.4 Å². The minimum absolute atomic E-state index is 0.0575. The Morgan fingerprint density at radius 1 is 1.38 bits per heavy atom. The topological polar surface area (TPSA) is 78.7 Å². The molecule has 0 heterocycles. The molecule has 6 heteroatoms. The van der Waals surface area contributed by atoms with Crippen molar-refractivity contribution in [2.45, 2.75) is 65.2 Å². The lowest BCUT2D eigenvalue weighted by molar-refractivity contribution is -0.519. The number of hydrogen-bond donors (Lipinski definition) is 0. The maximum atomic E-state index is 12.0. The molecule has 0 bridgehead atoms. The molecule has 1 aliphatic carbocycles. The van der Waals surface area contributed by atoms with E-state index >= 15 is 0 Å². The molecule has 4 atom stereocenters. The molecule has 0 aromatic carbocycles. The fourth-order valence-electron chi connectivity index (χ4n) is 2.77. The number of ether oxygens (including phenoxy) is 2. The van der Waals surface area contributed by atoms with Crippen LogP contribution in [0.15, 0.2) is 0 Å². The second-order valence-corrected chi connectivity index (χ2v) is 5.54. The van der Waals surface area contributed by atoms with Crippen molar-refractivity contribution in [1.29, 1.82) is 0 Å². The van der Waals surface area contributed by atoms with Gasteiger partial charge in [0.05, 0.1) is 31.2 Å². The van der Waals surface area contributed by atoms with Gasteiger partial charge >= 0.3 is 5.97 Å². The van der Waals surface area contributed by atoms with Crippen molar-refractivity contribution >= 4 is 5.97 Å². The van der Waals surface area contributed by atoms with Gasteiger partial charge in [-0.05, 0) is 25.7 Å². The first-order valence-corrected chi connectivity index (χ1v) is 7.75. The van der Waals surface area contributed by atoms with E-state index in [9.17, 15) is 14.9 Å². The third-order valence-corrected chi connectivity index (χ3v) is 4.18. The van der Waals surface area contributed by atoms with Crippen LogP contribution in [0.5, 0.6) is 0 Å². The molecule has 1 rings (SSSR count). The summed E-state index contributed by atoms with van der Waals surface area (Å²) in [5.74, 6) is -0.950. The number of carbonyl (C=O) groups excluding carboxylic acids is 1. The van der Waals surface area contributed by atoms with Gasteiger partial charge in [-0.25, -0.2) is 0 Å². The molecule has 0 unspecified atom stereocenters. The van der Waals surface area contributed by atoms with Gasteiger partial charge in [-0.15, -0.1) is 0 Å². The molecular formula is C15H26NO5. The molecule has 1 saturated carbocycles. The average molecular weight is 300 g/mol. The summed E-state index contributed by atoms with van der Waals surface area (Å²) in [7, 11) is 0. The smallest absolute Gasteiger partial charge is 0.309 e. The predicted octanol–water partition coefficient (Wildman–Crippen LogP) is 2.63.